The van der Waals surface area contributed by atoms with Gasteiger partial charge in [0.1, 0.15) is 0 Å². The van der Waals surface area contributed by atoms with Crippen molar-refractivity contribution in [3.05, 3.63) is 6.42 Å². The molecule has 2 unspecified atom stereocenters. The molecule has 2 atom stereocenters. The van der Waals surface area contributed by atoms with Gasteiger partial charge in [-0.15, -0.1) is 0 Å². The maximum absolute atomic E-state index is 5.84. The van der Waals surface area contributed by atoms with E-state index in [-0.39, 0.29) is 25.0 Å². The van der Waals surface area contributed by atoms with Crippen molar-refractivity contribution < 1.29 is 19.5 Å². The average Bonchev–Trinajstić information content (AvgIpc) is 1.82. The summed E-state index contributed by atoms with van der Waals surface area (Å²) in [7, 11) is 0. The first-order valence-corrected chi connectivity index (χ1v) is 3.22. The minimum atomic E-state index is 0. The molecule has 1 fully saturated rings. The summed E-state index contributed by atoms with van der Waals surface area (Å²) in [6, 6.07) is 0. The van der Waals surface area contributed by atoms with Crippen LogP contribution >= 0.6 is 0 Å². The maximum atomic E-state index is 5.84. The van der Waals surface area contributed by atoms with Crippen molar-refractivity contribution in [3.63, 3.8) is 0 Å². The molecule has 50 valence electrons. The van der Waals surface area contributed by atoms with E-state index in [4.69, 9.17) is 5.73 Å². The largest absolute Gasteiger partial charge is 0.328 e. The van der Waals surface area contributed by atoms with Crippen LogP contribution in [0.15, 0.2) is 0 Å². The van der Waals surface area contributed by atoms with Crippen LogP contribution in [0.25, 0.3) is 0 Å². The first-order valence-electron chi connectivity index (χ1n) is 3.22. The Kier molecular flexibility index (Phi) is 3.32. The van der Waals surface area contributed by atoms with Crippen LogP contribution in [0.3, 0.4) is 0 Å². The third kappa shape index (κ3) is 2.77. The second kappa shape index (κ2) is 3.12. The molecule has 1 saturated carbocycles. The van der Waals surface area contributed by atoms with Gasteiger partial charge in [-0.25, -0.2) is 0 Å². The Morgan fingerprint density at radius 2 is 2.22 bits per heavy atom. The predicted octanol–water partition coefficient (Wildman–Crippen LogP) is 1.34. The Bertz CT molecular complexity index is 90.9. The second-order valence-corrected chi connectivity index (χ2v) is 3.28. The second-order valence-electron chi connectivity index (χ2n) is 3.28. The van der Waals surface area contributed by atoms with Gasteiger partial charge in [-0.1, -0.05) is 13.3 Å². The standard InChI is InChI=1S/C7H14N.Zn/c1-6-3-4-7(2,8)5-6;/h3,6H,4-5,8H2,1-2H3;/q-1;. The summed E-state index contributed by atoms with van der Waals surface area (Å²) in [5.41, 5.74) is 5.95. The summed E-state index contributed by atoms with van der Waals surface area (Å²) in [6.45, 7) is 4.34. The summed E-state index contributed by atoms with van der Waals surface area (Å²) >= 11 is 0. The molecule has 0 amide bonds. The van der Waals surface area contributed by atoms with E-state index in [0.29, 0.717) is 0 Å². The smallest absolute Gasteiger partial charge is 0 e. The zero-order valence-corrected chi connectivity index (χ0v) is 9.32. The molecule has 0 aromatic carbocycles. The van der Waals surface area contributed by atoms with Crippen molar-refractivity contribution in [3.8, 4) is 0 Å². The van der Waals surface area contributed by atoms with Gasteiger partial charge in [-0.3, -0.25) is 0 Å². The molecule has 2 heteroatoms. The van der Waals surface area contributed by atoms with E-state index in [1.54, 1.807) is 0 Å². The van der Waals surface area contributed by atoms with Crippen LogP contribution in [0.1, 0.15) is 26.7 Å². The van der Waals surface area contributed by atoms with E-state index in [1.165, 1.54) is 0 Å². The van der Waals surface area contributed by atoms with E-state index >= 15 is 0 Å². The topological polar surface area (TPSA) is 26.0 Å². The summed E-state index contributed by atoms with van der Waals surface area (Å²) in [4.78, 5) is 0. The van der Waals surface area contributed by atoms with Gasteiger partial charge in [0.15, 0.2) is 0 Å². The van der Waals surface area contributed by atoms with Gasteiger partial charge in [0.05, 0.1) is 0 Å². The number of hydrogen-bond acceptors (Lipinski definition) is 1. The Hall–Kier alpha value is 0.583. The Labute approximate surface area is 70.1 Å². The van der Waals surface area contributed by atoms with Crippen molar-refractivity contribution in [2.75, 3.05) is 0 Å². The molecular formula is C7H14NZn-. The minimum Gasteiger partial charge on any atom is -0.328 e. The van der Waals surface area contributed by atoms with Gasteiger partial charge in [-0.05, 0) is 12.5 Å². The zero-order valence-electron chi connectivity index (χ0n) is 6.35. The molecule has 1 rings (SSSR count). The molecule has 0 aromatic rings. The van der Waals surface area contributed by atoms with Crippen molar-refractivity contribution in [1.29, 1.82) is 0 Å². The van der Waals surface area contributed by atoms with Crippen molar-refractivity contribution in [1.82, 2.24) is 0 Å². The van der Waals surface area contributed by atoms with Crippen LogP contribution in [0, 0.1) is 12.3 Å². The predicted molar refractivity (Wildman–Crippen MR) is 35.3 cm³/mol. The van der Waals surface area contributed by atoms with Gasteiger partial charge in [0.2, 0.25) is 0 Å². The van der Waals surface area contributed by atoms with E-state index in [2.05, 4.69) is 20.3 Å². The Morgan fingerprint density at radius 3 is 2.33 bits per heavy atom. The number of hydrogen-bond donors (Lipinski definition) is 1. The molecule has 0 spiro atoms. The third-order valence-corrected chi connectivity index (χ3v) is 1.77. The first-order chi connectivity index (χ1) is 3.60. The molecule has 1 aliphatic rings. The molecule has 1 aliphatic carbocycles. The monoisotopic (exact) mass is 176 g/mol. The quantitative estimate of drug-likeness (QED) is 0.439. The van der Waals surface area contributed by atoms with E-state index in [1.807, 2.05) is 0 Å². The van der Waals surface area contributed by atoms with Crippen molar-refractivity contribution in [2.45, 2.75) is 32.2 Å². The average molecular weight is 178 g/mol. The molecule has 0 saturated heterocycles. The first kappa shape index (κ1) is 9.58. The number of nitrogens with two attached hydrogens (primary N) is 1. The van der Waals surface area contributed by atoms with Crippen LogP contribution in [0.2, 0.25) is 0 Å². The van der Waals surface area contributed by atoms with Crippen LogP contribution in [-0.4, -0.2) is 5.54 Å². The fraction of sp³-hybridized carbons (Fsp3) is 0.857. The van der Waals surface area contributed by atoms with Crippen molar-refractivity contribution in [2.24, 2.45) is 11.7 Å². The van der Waals surface area contributed by atoms with Crippen LogP contribution < -0.4 is 5.73 Å². The van der Waals surface area contributed by atoms with Crippen molar-refractivity contribution >= 4 is 0 Å². The maximum Gasteiger partial charge on any atom is 0 e. The molecule has 0 heterocycles. The number of rotatable bonds is 0. The minimum absolute atomic E-state index is 0. The Morgan fingerprint density at radius 1 is 1.67 bits per heavy atom. The van der Waals surface area contributed by atoms with Gasteiger partial charge in [-0.2, -0.15) is 12.3 Å². The molecule has 0 aromatic heterocycles. The van der Waals surface area contributed by atoms with Gasteiger partial charge < -0.3 is 12.2 Å². The zero-order chi connectivity index (χ0) is 6.20. The van der Waals surface area contributed by atoms with E-state index in [9.17, 15) is 0 Å². The van der Waals surface area contributed by atoms with Crippen LogP contribution in [-0.2, 0) is 19.5 Å². The fourth-order valence-corrected chi connectivity index (χ4v) is 1.37. The summed E-state index contributed by atoms with van der Waals surface area (Å²) in [6.07, 6.45) is 4.56. The van der Waals surface area contributed by atoms with E-state index < -0.39 is 0 Å². The van der Waals surface area contributed by atoms with E-state index in [0.717, 1.165) is 18.8 Å². The molecule has 2 N–H and O–H groups in total. The normalized spacial score (nSPS) is 42.3. The molecule has 0 bridgehead atoms. The van der Waals surface area contributed by atoms with Gasteiger partial charge in [0.25, 0.3) is 0 Å². The van der Waals surface area contributed by atoms with Crippen LogP contribution in [0.4, 0.5) is 0 Å². The fourth-order valence-electron chi connectivity index (χ4n) is 1.37. The molecule has 9 heavy (non-hydrogen) atoms. The summed E-state index contributed by atoms with van der Waals surface area (Å²) in [5.74, 6) is 0.741. The summed E-state index contributed by atoms with van der Waals surface area (Å²) in [5, 5.41) is 0. The third-order valence-electron chi connectivity index (χ3n) is 1.77. The molecule has 0 radical (unpaired) electrons. The molecule has 0 aliphatic heterocycles. The van der Waals surface area contributed by atoms with Gasteiger partial charge >= 0.3 is 0 Å². The SMILES string of the molecule is CC1[CH-]CC(C)(N)C1.[Zn]. The van der Waals surface area contributed by atoms with Crippen LogP contribution in [0.5, 0.6) is 0 Å². The summed E-state index contributed by atoms with van der Waals surface area (Å²) < 4.78 is 0. The van der Waals surface area contributed by atoms with Gasteiger partial charge in [0, 0.05) is 19.5 Å². The molecule has 1 nitrogen and oxygen atoms in total. The Balaban J connectivity index is 0.000000640. The molecular weight excluding hydrogens is 163 g/mol.